The number of anilines is 2. The van der Waals surface area contributed by atoms with Gasteiger partial charge in [0.05, 0.1) is 5.69 Å². The lowest BCUT2D eigenvalue weighted by atomic mass is 9.99. The Labute approximate surface area is 187 Å². The van der Waals surface area contributed by atoms with Crippen LogP contribution in [0.3, 0.4) is 0 Å². The van der Waals surface area contributed by atoms with Crippen LogP contribution in [0.5, 0.6) is 17.4 Å². The van der Waals surface area contributed by atoms with E-state index in [0.29, 0.717) is 41.7 Å². The number of pyridine rings is 1. The topological polar surface area (TPSA) is 148 Å². The minimum atomic E-state index is -5.08. The maximum Gasteiger partial charge on any atom is 0.490 e. The Balaban J connectivity index is 0.000000383. The van der Waals surface area contributed by atoms with E-state index in [9.17, 15) is 18.4 Å². The van der Waals surface area contributed by atoms with Gasteiger partial charge in [-0.2, -0.15) is 23.4 Å². The standard InChI is InChI=1S/C19H21N5O2.C2HF3O2/c20-11-14-16(21)13-10-12-4-3-5-15(17(12)26-19(13)23-18(14)22)25-9-8-24-6-1-2-7-24;3-2(4,5)1(6)7/h3-5H,1-2,6-10H2,(H4,21,22,23);(H,6,7). The van der Waals surface area contributed by atoms with Gasteiger partial charge in [-0.15, -0.1) is 0 Å². The first-order valence-corrected chi connectivity index (χ1v) is 10.0. The molecule has 2 aromatic rings. The summed E-state index contributed by atoms with van der Waals surface area (Å²) in [6, 6.07) is 7.80. The van der Waals surface area contributed by atoms with E-state index < -0.39 is 12.1 Å². The molecule has 1 fully saturated rings. The predicted molar refractivity (Wildman–Crippen MR) is 112 cm³/mol. The summed E-state index contributed by atoms with van der Waals surface area (Å²) in [7, 11) is 0. The first-order valence-electron chi connectivity index (χ1n) is 10.0. The van der Waals surface area contributed by atoms with Crippen LogP contribution in [0.1, 0.15) is 29.5 Å². The number of ether oxygens (including phenoxy) is 2. The zero-order valence-corrected chi connectivity index (χ0v) is 17.5. The molecule has 0 unspecified atom stereocenters. The van der Waals surface area contributed by atoms with Crippen LogP contribution < -0.4 is 20.9 Å². The molecule has 0 amide bonds. The van der Waals surface area contributed by atoms with E-state index in [-0.39, 0.29) is 11.4 Å². The van der Waals surface area contributed by atoms with E-state index in [4.69, 9.17) is 30.8 Å². The Kier molecular flexibility index (Phi) is 7.13. The van der Waals surface area contributed by atoms with Gasteiger partial charge in [0, 0.05) is 24.1 Å². The second-order valence-electron chi connectivity index (χ2n) is 7.40. The van der Waals surface area contributed by atoms with Gasteiger partial charge in [0.1, 0.15) is 24.1 Å². The summed E-state index contributed by atoms with van der Waals surface area (Å²) in [5, 5.41) is 16.3. The summed E-state index contributed by atoms with van der Waals surface area (Å²) >= 11 is 0. The third kappa shape index (κ3) is 5.56. The Bertz CT molecular complexity index is 1080. The number of alkyl halides is 3. The molecule has 2 aliphatic rings. The van der Waals surface area contributed by atoms with Crippen molar-refractivity contribution in [2.75, 3.05) is 37.7 Å². The van der Waals surface area contributed by atoms with Crippen LogP contribution in [-0.4, -0.2) is 53.4 Å². The molecule has 176 valence electrons. The van der Waals surface area contributed by atoms with Crippen LogP contribution in [0, 0.1) is 11.3 Å². The molecule has 1 saturated heterocycles. The second-order valence-corrected chi connectivity index (χ2v) is 7.40. The average molecular weight is 465 g/mol. The first-order chi connectivity index (χ1) is 15.6. The van der Waals surface area contributed by atoms with Crippen molar-refractivity contribution >= 4 is 17.5 Å². The molecule has 0 radical (unpaired) electrons. The summed E-state index contributed by atoms with van der Waals surface area (Å²) in [5.74, 6) is -0.984. The fraction of sp³-hybridized carbons (Fsp3) is 0.381. The van der Waals surface area contributed by atoms with Gasteiger partial charge in [0.25, 0.3) is 0 Å². The third-order valence-electron chi connectivity index (χ3n) is 5.18. The summed E-state index contributed by atoms with van der Waals surface area (Å²) in [6.07, 6.45) is -2.03. The fourth-order valence-corrected chi connectivity index (χ4v) is 3.52. The van der Waals surface area contributed by atoms with Gasteiger partial charge in [-0.3, -0.25) is 4.90 Å². The molecule has 9 nitrogen and oxygen atoms in total. The summed E-state index contributed by atoms with van der Waals surface area (Å²) < 4.78 is 43.7. The lowest BCUT2D eigenvalue weighted by Crippen LogP contribution is -2.25. The number of fused-ring (bicyclic) bond motifs is 2. The highest BCUT2D eigenvalue weighted by Crippen LogP contribution is 2.44. The van der Waals surface area contributed by atoms with Gasteiger partial charge in [0.15, 0.2) is 11.5 Å². The van der Waals surface area contributed by atoms with Crippen molar-refractivity contribution in [2.24, 2.45) is 0 Å². The Morgan fingerprint density at radius 3 is 2.58 bits per heavy atom. The van der Waals surface area contributed by atoms with Crippen LogP contribution in [0.15, 0.2) is 18.2 Å². The number of hydrogen-bond donors (Lipinski definition) is 3. The fourth-order valence-electron chi connectivity index (χ4n) is 3.52. The zero-order chi connectivity index (χ0) is 24.2. The normalized spacial score (nSPS) is 14.7. The lowest BCUT2D eigenvalue weighted by Gasteiger charge is -2.24. The number of carbonyl (C=O) groups is 1. The summed E-state index contributed by atoms with van der Waals surface area (Å²) in [6.45, 7) is 3.80. The molecule has 0 atom stereocenters. The first kappa shape index (κ1) is 23.9. The number of carboxylic acids is 1. The number of aliphatic carboxylic acids is 1. The number of hydrogen-bond acceptors (Lipinski definition) is 8. The summed E-state index contributed by atoms with van der Waals surface area (Å²) in [5.41, 5.74) is 14.1. The van der Waals surface area contributed by atoms with E-state index in [0.717, 1.165) is 25.2 Å². The molecular formula is C21H22F3N5O4. The van der Waals surface area contributed by atoms with Gasteiger partial charge >= 0.3 is 12.1 Å². The molecular weight excluding hydrogens is 443 g/mol. The molecule has 4 rings (SSSR count). The minimum Gasteiger partial charge on any atom is -0.488 e. The highest BCUT2D eigenvalue weighted by atomic mass is 19.4. The Morgan fingerprint density at radius 1 is 1.30 bits per heavy atom. The van der Waals surface area contributed by atoms with Crippen LogP contribution >= 0.6 is 0 Å². The number of rotatable bonds is 4. The number of nitrogen functional groups attached to an aromatic ring is 2. The quantitative estimate of drug-likeness (QED) is 0.529. The number of carboxylic acid groups (broad SMARTS) is 1. The van der Waals surface area contributed by atoms with E-state index in [1.807, 2.05) is 24.3 Å². The largest absolute Gasteiger partial charge is 0.490 e. The number of para-hydroxylation sites is 1. The molecule has 2 aliphatic heterocycles. The highest BCUT2D eigenvalue weighted by Gasteiger charge is 2.38. The van der Waals surface area contributed by atoms with Crippen molar-refractivity contribution in [3.63, 3.8) is 0 Å². The average Bonchev–Trinajstić information content (AvgIpc) is 3.27. The predicted octanol–water partition coefficient (Wildman–Crippen LogP) is 2.92. The highest BCUT2D eigenvalue weighted by molar-refractivity contribution is 5.73. The van der Waals surface area contributed by atoms with E-state index >= 15 is 0 Å². The smallest absolute Gasteiger partial charge is 0.488 e. The number of nitrogens with zero attached hydrogens (tertiary/aromatic N) is 3. The van der Waals surface area contributed by atoms with Crippen molar-refractivity contribution in [1.29, 1.82) is 5.26 Å². The number of halogens is 3. The van der Waals surface area contributed by atoms with E-state index in [1.54, 1.807) is 0 Å². The van der Waals surface area contributed by atoms with Crippen LogP contribution in [-0.2, 0) is 11.2 Å². The van der Waals surface area contributed by atoms with Crippen molar-refractivity contribution in [1.82, 2.24) is 9.88 Å². The molecule has 3 heterocycles. The molecule has 12 heteroatoms. The van der Waals surface area contributed by atoms with Crippen molar-refractivity contribution in [3.8, 4) is 23.4 Å². The number of aromatic nitrogens is 1. The number of nitrogens with two attached hydrogens (primary N) is 2. The SMILES string of the molecule is N#Cc1c(N)nc2c(c1N)Cc1cccc(OCCN3CCCC3)c1O2.O=C(O)C(F)(F)F. The van der Waals surface area contributed by atoms with E-state index in [1.165, 1.54) is 12.8 Å². The number of nitriles is 1. The van der Waals surface area contributed by atoms with Crippen molar-refractivity contribution < 1.29 is 32.5 Å². The maximum absolute atomic E-state index is 10.6. The number of benzene rings is 1. The molecule has 0 spiro atoms. The molecule has 33 heavy (non-hydrogen) atoms. The number of likely N-dealkylation sites (tertiary alicyclic amines) is 1. The zero-order valence-electron chi connectivity index (χ0n) is 17.5. The second kappa shape index (κ2) is 9.83. The van der Waals surface area contributed by atoms with Gasteiger partial charge in [-0.25, -0.2) is 4.79 Å². The van der Waals surface area contributed by atoms with Crippen LogP contribution in [0.4, 0.5) is 24.7 Å². The van der Waals surface area contributed by atoms with Crippen molar-refractivity contribution in [3.05, 3.63) is 34.9 Å². The Morgan fingerprint density at radius 2 is 1.97 bits per heavy atom. The molecule has 1 aromatic heterocycles. The van der Waals surface area contributed by atoms with Crippen LogP contribution in [0.25, 0.3) is 0 Å². The maximum atomic E-state index is 10.6. The molecule has 0 bridgehead atoms. The van der Waals surface area contributed by atoms with Gasteiger partial charge in [-0.05, 0) is 32.0 Å². The monoisotopic (exact) mass is 465 g/mol. The molecule has 0 aliphatic carbocycles. The van der Waals surface area contributed by atoms with Gasteiger partial charge in [0.2, 0.25) is 5.88 Å². The van der Waals surface area contributed by atoms with Crippen molar-refractivity contribution in [2.45, 2.75) is 25.4 Å². The minimum absolute atomic E-state index is 0.0830. The Hall–Kier alpha value is -3.72. The molecule has 0 saturated carbocycles. The molecule has 1 aromatic carbocycles. The van der Waals surface area contributed by atoms with Gasteiger partial charge < -0.3 is 26.0 Å². The molecule has 5 N–H and O–H groups in total. The van der Waals surface area contributed by atoms with Crippen LogP contribution in [0.2, 0.25) is 0 Å². The van der Waals surface area contributed by atoms with Gasteiger partial charge in [-0.1, -0.05) is 12.1 Å². The lowest BCUT2D eigenvalue weighted by molar-refractivity contribution is -0.192. The summed E-state index contributed by atoms with van der Waals surface area (Å²) in [4.78, 5) is 15.5. The third-order valence-corrected chi connectivity index (χ3v) is 5.18. The van der Waals surface area contributed by atoms with E-state index in [2.05, 4.69) is 9.88 Å².